The maximum atomic E-state index is 13.2. The summed E-state index contributed by atoms with van der Waals surface area (Å²) in [5.74, 6) is -0.0676. The first-order valence-electron chi connectivity index (χ1n) is 8.74. The molecule has 6 nitrogen and oxygen atoms in total. The minimum Gasteiger partial charge on any atom is -0.449 e. The highest BCUT2D eigenvalue weighted by atomic mass is 32.1. The van der Waals surface area contributed by atoms with Crippen LogP contribution in [0.3, 0.4) is 0 Å². The second-order valence-corrected chi connectivity index (χ2v) is 7.46. The van der Waals surface area contributed by atoms with Crippen LogP contribution in [-0.2, 0) is 0 Å². The molecule has 3 rings (SSSR count). The average molecular weight is 396 g/mol. The molecule has 1 N–H and O–H groups in total. The fourth-order valence-electron chi connectivity index (χ4n) is 2.71. The molecule has 0 saturated carbocycles. The summed E-state index contributed by atoms with van der Waals surface area (Å²) in [4.78, 5) is 30.4. The number of aromatic nitrogens is 1. The summed E-state index contributed by atoms with van der Waals surface area (Å²) in [6, 6.07) is 16.3. The number of nitrogens with zero attached hydrogens (tertiary/aromatic N) is 2. The summed E-state index contributed by atoms with van der Waals surface area (Å²) in [6.45, 7) is 5.64. The lowest BCUT2D eigenvalue weighted by atomic mass is 10.1. The second-order valence-electron chi connectivity index (χ2n) is 6.50. The molecule has 2 aromatic carbocycles. The van der Waals surface area contributed by atoms with Crippen molar-refractivity contribution in [3.63, 3.8) is 0 Å². The maximum absolute atomic E-state index is 13.2. The van der Waals surface area contributed by atoms with Gasteiger partial charge in [0.05, 0.1) is 0 Å². The van der Waals surface area contributed by atoms with E-state index in [2.05, 4.69) is 4.98 Å². The topological polar surface area (TPSA) is 79.7 Å². The molecule has 28 heavy (non-hydrogen) atoms. The van der Waals surface area contributed by atoms with E-state index in [0.29, 0.717) is 10.6 Å². The Bertz CT molecular complexity index is 981. The van der Waals surface area contributed by atoms with Crippen molar-refractivity contribution in [3.8, 4) is 15.6 Å². The lowest BCUT2D eigenvalue weighted by molar-refractivity contribution is 0.0977. The van der Waals surface area contributed by atoms with E-state index in [1.807, 2.05) is 63.2 Å². The molecule has 1 amide bonds. The molecular weight excluding hydrogens is 376 g/mol. The first kappa shape index (κ1) is 19.6. The van der Waals surface area contributed by atoms with E-state index < -0.39 is 6.16 Å². The van der Waals surface area contributed by atoms with Crippen LogP contribution in [0.15, 0.2) is 54.6 Å². The molecule has 0 unspecified atom stereocenters. The SMILES string of the molecule is Cc1ccc(C(=O)N(c2nc(-c3ccccc3)sc2OC(=O)O)C(C)C)cc1. The minimum absolute atomic E-state index is 0.0699. The van der Waals surface area contributed by atoms with Gasteiger partial charge in [0, 0.05) is 17.2 Å². The van der Waals surface area contributed by atoms with Crippen LogP contribution in [0.1, 0.15) is 29.8 Å². The quantitative estimate of drug-likeness (QED) is 0.597. The molecule has 144 valence electrons. The number of ether oxygens (including phenoxy) is 1. The van der Waals surface area contributed by atoms with Gasteiger partial charge < -0.3 is 9.84 Å². The van der Waals surface area contributed by atoms with E-state index in [1.165, 1.54) is 4.90 Å². The number of aryl methyl sites for hydroxylation is 1. The van der Waals surface area contributed by atoms with Crippen molar-refractivity contribution in [1.82, 2.24) is 4.98 Å². The van der Waals surface area contributed by atoms with Gasteiger partial charge in [-0.2, -0.15) is 0 Å². The van der Waals surface area contributed by atoms with Crippen molar-refractivity contribution in [1.29, 1.82) is 0 Å². The van der Waals surface area contributed by atoms with E-state index in [-0.39, 0.29) is 22.8 Å². The van der Waals surface area contributed by atoms with E-state index in [0.717, 1.165) is 22.5 Å². The lowest BCUT2D eigenvalue weighted by Crippen LogP contribution is -2.37. The molecule has 0 aliphatic heterocycles. The number of hydrogen-bond donors (Lipinski definition) is 1. The van der Waals surface area contributed by atoms with Crippen LogP contribution < -0.4 is 9.64 Å². The Kier molecular flexibility index (Phi) is 5.75. The number of carboxylic acid groups (broad SMARTS) is 1. The van der Waals surface area contributed by atoms with Crippen molar-refractivity contribution < 1.29 is 19.4 Å². The smallest absolute Gasteiger partial charge is 0.449 e. The molecule has 0 atom stereocenters. The molecule has 1 heterocycles. The van der Waals surface area contributed by atoms with Gasteiger partial charge in [-0.15, -0.1) is 0 Å². The van der Waals surface area contributed by atoms with Gasteiger partial charge in [-0.3, -0.25) is 9.69 Å². The Morgan fingerprint density at radius 2 is 1.71 bits per heavy atom. The Morgan fingerprint density at radius 3 is 2.29 bits per heavy atom. The van der Waals surface area contributed by atoms with Crippen molar-refractivity contribution in [2.45, 2.75) is 26.8 Å². The average Bonchev–Trinajstić information content (AvgIpc) is 3.05. The molecule has 3 aromatic rings. The van der Waals surface area contributed by atoms with Gasteiger partial charge in [0.25, 0.3) is 5.91 Å². The molecule has 0 aliphatic rings. The van der Waals surface area contributed by atoms with Gasteiger partial charge in [-0.1, -0.05) is 59.4 Å². The molecule has 1 aromatic heterocycles. The van der Waals surface area contributed by atoms with E-state index in [9.17, 15) is 9.59 Å². The predicted molar refractivity (Wildman–Crippen MR) is 109 cm³/mol. The molecule has 0 spiro atoms. The standard InChI is InChI=1S/C21H20N2O4S/c1-13(2)23(19(24)16-11-9-14(3)10-12-16)17-20(27-21(25)26)28-18(22-17)15-7-5-4-6-8-15/h4-13H,1-3H3,(H,25,26). The van der Waals surface area contributed by atoms with Crippen LogP contribution in [0.4, 0.5) is 10.6 Å². The zero-order valence-electron chi connectivity index (χ0n) is 15.7. The van der Waals surface area contributed by atoms with Gasteiger partial charge in [-0.25, -0.2) is 9.78 Å². The summed E-state index contributed by atoms with van der Waals surface area (Å²) in [7, 11) is 0. The van der Waals surface area contributed by atoms with Crippen LogP contribution >= 0.6 is 11.3 Å². The number of hydrogen-bond acceptors (Lipinski definition) is 5. The van der Waals surface area contributed by atoms with Crippen LogP contribution in [0.5, 0.6) is 5.06 Å². The zero-order valence-corrected chi connectivity index (χ0v) is 16.6. The first-order chi connectivity index (χ1) is 13.4. The summed E-state index contributed by atoms with van der Waals surface area (Å²) >= 11 is 1.09. The largest absolute Gasteiger partial charge is 0.512 e. The fourth-order valence-corrected chi connectivity index (χ4v) is 3.62. The van der Waals surface area contributed by atoms with Gasteiger partial charge in [-0.05, 0) is 32.9 Å². The number of carbonyl (C=O) groups excluding carboxylic acids is 1. The lowest BCUT2D eigenvalue weighted by Gasteiger charge is -2.25. The van der Waals surface area contributed by atoms with Crippen molar-refractivity contribution >= 4 is 29.2 Å². The third-order valence-electron chi connectivity index (χ3n) is 4.04. The summed E-state index contributed by atoms with van der Waals surface area (Å²) in [5, 5.41) is 9.78. The van der Waals surface area contributed by atoms with Crippen molar-refractivity contribution in [3.05, 3.63) is 65.7 Å². The van der Waals surface area contributed by atoms with E-state index in [1.54, 1.807) is 12.1 Å². The number of carbonyl (C=O) groups is 2. The van der Waals surface area contributed by atoms with Gasteiger partial charge in [0.15, 0.2) is 5.82 Å². The zero-order chi connectivity index (χ0) is 20.3. The van der Waals surface area contributed by atoms with Crippen LogP contribution in [0.2, 0.25) is 0 Å². The number of thiazole rings is 1. The third-order valence-corrected chi connectivity index (χ3v) is 5.01. The second kappa shape index (κ2) is 8.22. The number of rotatable bonds is 5. The monoisotopic (exact) mass is 396 g/mol. The molecule has 0 bridgehead atoms. The molecular formula is C21H20N2O4S. The molecule has 0 aliphatic carbocycles. The Balaban J connectivity index is 2.08. The summed E-state index contributed by atoms with van der Waals surface area (Å²) < 4.78 is 4.96. The van der Waals surface area contributed by atoms with Crippen LogP contribution in [0.25, 0.3) is 10.6 Å². The number of benzene rings is 2. The Morgan fingerprint density at radius 1 is 1.07 bits per heavy atom. The van der Waals surface area contributed by atoms with Gasteiger partial charge in [0.1, 0.15) is 5.01 Å². The number of anilines is 1. The molecule has 0 radical (unpaired) electrons. The summed E-state index contributed by atoms with van der Waals surface area (Å²) in [5.41, 5.74) is 2.36. The van der Waals surface area contributed by atoms with E-state index in [4.69, 9.17) is 9.84 Å². The third kappa shape index (κ3) is 4.20. The number of amides is 1. The molecule has 0 fully saturated rings. The maximum Gasteiger partial charge on any atom is 0.512 e. The highest BCUT2D eigenvalue weighted by molar-refractivity contribution is 7.17. The Hall–Kier alpha value is -3.19. The molecule has 0 saturated heterocycles. The fraction of sp³-hybridized carbons (Fsp3) is 0.190. The highest BCUT2D eigenvalue weighted by Crippen LogP contribution is 2.40. The van der Waals surface area contributed by atoms with Crippen molar-refractivity contribution in [2.75, 3.05) is 4.90 Å². The van der Waals surface area contributed by atoms with E-state index >= 15 is 0 Å². The highest BCUT2D eigenvalue weighted by Gasteiger charge is 2.29. The van der Waals surface area contributed by atoms with Crippen LogP contribution in [-0.4, -0.2) is 28.2 Å². The van der Waals surface area contributed by atoms with Gasteiger partial charge in [0.2, 0.25) is 5.06 Å². The normalized spacial score (nSPS) is 10.7. The Labute approximate surface area is 167 Å². The first-order valence-corrected chi connectivity index (χ1v) is 9.55. The minimum atomic E-state index is -1.45. The van der Waals surface area contributed by atoms with Crippen molar-refractivity contribution in [2.24, 2.45) is 0 Å². The predicted octanol–water partition coefficient (Wildman–Crippen LogP) is 5.23. The van der Waals surface area contributed by atoms with Crippen LogP contribution in [0, 0.1) is 6.92 Å². The molecule has 7 heteroatoms. The van der Waals surface area contributed by atoms with Gasteiger partial charge >= 0.3 is 6.16 Å². The summed E-state index contributed by atoms with van der Waals surface area (Å²) in [6.07, 6.45) is -1.45.